The summed E-state index contributed by atoms with van der Waals surface area (Å²) in [5.41, 5.74) is 2.07. The number of amides is 1. The van der Waals surface area contributed by atoms with Gasteiger partial charge in [0, 0.05) is 11.4 Å². The van der Waals surface area contributed by atoms with Gasteiger partial charge in [-0.05, 0) is 69.9 Å². The molecular weight excluding hydrogens is 429 g/mol. The van der Waals surface area contributed by atoms with Gasteiger partial charge < -0.3 is 4.90 Å². The largest absolute Gasteiger partial charge is 0.309 e. The number of rotatable bonds is 8. The maximum absolute atomic E-state index is 13.1. The van der Waals surface area contributed by atoms with Gasteiger partial charge in [0.2, 0.25) is 5.91 Å². The lowest BCUT2D eigenvalue weighted by Crippen LogP contribution is -2.34. The van der Waals surface area contributed by atoms with Crippen LogP contribution in [0.3, 0.4) is 0 Å². The van der Waals surface area contributed by atoms with E-state index < -0.39 is 0 Å². The van der Waals surface area contributed by atoms with Crippen LogP contribution in [0.2, 0.25) is 0 Å². The van der Waals surface area contributed by atoms with Crippen LogP contribution in [0.4, 0.5) is 9.52 Å². The first-order chi connectivity index (χ1) is 13.4. The molecule has 0 saturated heterocycles. The number of benzene rings is 2. The summed E-state index contributed by atoms with van der Waals surface area (Å²) in [6.45, 7) is 3.56. The summed E-state index contributed by atoms with van der Waals surface area (Å²) in [6.07, 6.45) is 0.870. The molecular formula is C21H25ClFN3OS2. The third kappa shape index (κ3) is 6.40. The Morgan fingerprint density at radius 2 is 1.86 bits per heavy atom. The zero-order valence-corrected chi connectivity index (χ0v) is 19.2. The number of carbonyl (C=O) groups is 1. The number of thioether (sulfide) groups is 1. The van der Waals surface area contributed by atoms with Crippen molar-refractivity contribution in [2.24, 2.45) is 0 Å². The molecule has 0 radical (unpaired) electrons. The lowest BCUT2D eigenvalue weighted by atomic mass is 10.2. The van der Waals surface area contributed by atoms with Gasteiger partial charge in [-0.25, -0.2) is 9.37 Å². The van der Waals surface area contributed by atoms with Crippen molar-refractivity contribution in [2.75, 3.05) is 37.8 Å². The van der Waals surface area contributed by atoms with E-state index in [0.717, 1.165) is 38.8 Å². The van der Waals surface area contributed by atoms with Crippen LogP contribution in [0.1, 0.15) is 12.0 Å². The van der Waals surface area contributed by atoms with E-state index in [9.17, 15) is 9.18 Å². The molecule has 0 aliphatic carbocycles. The molecule has 1 aromatic heterocycles. The third-order valence-electron chi connectivity index (χ3n) is 4.30. The van der Waals surface area contributed by atoms with Crippen molar-refractivity contribution < 1.29 is 9.18 Å². The van der Waals surface area contributed by atoms with Crippen LogP contribution in [-0.2, 0) is 4.79 Å². The van der Waals surface area contributed by atoms with E-state index in [0.29, 0.717) is 12.3 Å². The number of halogens is 2. The van der Waals surface area contributed by atoms with Crippen LogP contribution >= 0.6 is 35.5 Å². The summed E-state index contributed by atoms with van der Waals surface area (Å²) >= 11 is 2.97. The summed E-state index contributed by atoms with van der Waals surface area (Å²) in [7, 11) is 4.05. The van der Waals surface area contributed by atoms with Crippen LogP contribution in [0.5, 0.6) is 0 Å². The van der Waals surface area contributed by atoms with Gasteiger partial charge in [0.25, 0.3) is 0 Å². The van der Waals surface area contributed by atoms with Crippen molar-refractivity contribution in [3.05, 3.63) is 53.8 Å². The van der Waals surface area contributed by atoms with Crippen molar-refractivity contribution in [1.29, 1.82) is 0 Å². The second-order valence-corrected chi connectivity index (χ2v) is 8.92. The highest BCUT2D eigenvalue weighted by Crippen LogP contribution is 2.31. The number of aromatic nitrogens is 1. The molecule has 2 aromatic carbocycles. The zero-order valence-electron chi connectivity index (χ0n) is 16.7. The number of hydrogen-bond donors (Lipinski definition) is 0. The predicted octanol–water partition coefficient (Wildman–Crippen LogP) is 5.24. The highest BCUT2D eigenvalue weighted by molar-refractivity contribution is 8.00. The number of anilines is 1. The summed E-state index contributed by atoms with van der Waals surface area (Å²) in [4.78, 5) is 22.5. The number of thiazole rings is 1. The Bertz CT molecular complexity index is 947. The lowest BCUT2D eigenvalue weighted by molar-refractivity contribution is -0.116. The molecule has 1 heterocycles. The molecule has 3 rings (SSSR count). The normalized spacial score (nSPS) is 10.9. The number of aryl methyl sites for hydroxylation is 1. The Balaban J connectivity index is 0.00000300. The predicted molar refractivity (Wildman–Crippen MR) is 124 cm³/mol. The fourth-order valence-electron chi connectivity index (χ4n) is 2.82. The lowest BCUT2D eigenvalue weighted by Gasteiger charge is -2.21. The monoisotopic (exact) mass is 453 g/mol. The van der Waals surface area contributed by atoms with E-state index in [1.54, 1.807) is 28.4 Å². The van der Waals surface area contributed by atoms with Gasteiger partial charge in [0.05, 0.1) is 16.0 Å². The topological polar surface area (TPSA) is 36.4 Å². The standard InChI is InChI=1S/C21H24FN3OS2.ClH/c1-15-6-4-7-18-20(15)23-21(28-18)25(13-5-12-24(2)3)19(26)14-27-17-10-8-16(22)9-11-17;/h4,6-11H,5,12-14H2,1-3H3;1H. The highest BCUT2D eigenvalue weighted by atomic mass is 35.5. The van der Waals surface area contributed by atoms with E-state index in [2.05, 4.69) is 4.90 Å². The second-order valence-electron chi connectivity index (χ2n) is 6.86. The molecule has 3 aromatic rings. The molecule has 0 atom stereocenters. The van der Waals surface area contributed by atoms with E-state index in [1.807, 2.05) is 39.2 Å². The van der Waals surface area contributed by atoms with E-state index in [-0.39, 0.29) is 24.1 Å². The first-order valence-electron chi connectivity index (χ1n) is 9.13. The fraction of sp³-hybridized carbons (Fsp3) is 0.333. The van der Waals surface area contributed by atoms with Gasteiger partial charge >= 0.3 is 0 Å². The third-order valence-corrected chi connectivity index (χ3v) is 6.34. The first-order valence-corrected chi connectivity index (χ1v) is 10.9. The molecule has 0 N–H and O–H groups in total. The SMILES string of the molecule is Cc1cccc2sc(N(CCCN(C)C)C(=O)CSc3ccc(F)cc3)nc12.Cl. The van der Waals surface area contributed by atoms with Crippen LogP contribution in [-0.4, -0.2) is 48.7 Å². The van der Waals surface area contributed by atoms with Crippen LogP contribution < -0.4 is 4.90 Å². The molecule has 1 amide bonds. The number of hydrogen-bond acceptors (Lipinski definition) is 5. The second kappa shape index (κ2) is 10.9. The Hall–Kier alpha value is -1.67. The number of fused-ring (bicyclic) bond motifs is 1. The quantitative estimate of drug-likeness (QED) is 0.437. The van der Waals surface area contributed by atoms with Crippen LogP contribution in [0, 0.1) is 12.7 Å². The van der Waals surface area contributed by atoms with Crippen molar-refractivity contribution in [2.45, 2.75) is 18.2 Å². The molecule has 4 nitrogen and oxygen atoms in total. The summed E-state index contributed by atoms with van der Waals surface area (Å²) in [6, 6.07) is 12.3. The molecule has 0 aliphatic heterocycles. The molecule has 0 saturated carbocycles. The molecule has 0 fully saturated rings. The van der Waals surface area contributed by atoms with Crippen molar-refractivity contribution in [1.82, 2.24) is 9.88 Å². The molecule has 29 heavy (non-hydrogen) atoms. The van der Waals surface area contributed by atoms with Gasteiger partial charge in [-0.15, -0.1) is 24.2 Å². The fourth-order valence-corrected chi connectivity index (χ4v) is 4.68. The van der Waals surface area contributed by atoms with Gasteiger partial charge in [-0.1, -0.05) is 23.5 Å². The molecule has 8 heteroatoms. The van der Waals surface area contributed by atoms with Crippen molar-refractivity contribution in [3.8, 4) is 0 Å². The highest BCUT2D eigenvalue weighted by Gasteiger charge is 2.20. The van der Waals surface area contributed by atoms with Crippen LogP contribution in [0.25, 0.3) is 10.2 Å². The maximum Gasteiger partial charge on any atom is 0.239 e. The minimum absolute atomic E-state index is 0. The van der Waals surface area contributed by atoms with Crippen LogP contribution in [0.15, 0.2) is 47.4 Å². The van der Waals surface area contributed by atoms with E-state index in [4.69, 9.17) is 4.98 Å². The first kappa shape index (κ1) is 23.6. The Morgan fingerprint density at radius 3 is 2.52 bits per heavy atom. The average molecular weight is 454 g/mol. The van der Waals surface area contributed by atoms with Crippen molar-refractivity contribution in [3.63, 3.8) is 0 Å². The Morgan fingerprint density at radius 1 is 1.14 bits per heavy atom. The minimum Gasteiger partial charge on any atom is -0.309 e. The number of nitrogens with zero attached hydrogens (tertiary/aromatic N) is 3. The molecule has 156 valence electrons. The molecule has 0 bridgehead atoms. The maximum atomic E-state index is 13.1. The average Bonchev–Trinajstić information content (AvgIpc) is 3.09. The van der Waals surface area contributed by atoms with Gasteiger partial charge in [-0.2, -0.15) is 0 Å². The zero-order chi connectivity index (χ0) is 20.1. The Kier molecular flexibility index (Phi) is 8.89. The number of para-hydroxylation sites is 1. The molecule has 0 unspecified atom stereocenters. The van der Waals surface area contributed by atoms with E-state index >= 15 is 0 Å². The van der Waals surface area contributed by atoms with Gasteiger partial charge in [0.15, 0.2) is 5.13 Å². The minimum atomic E-state index is -0.272. The van der Waals surface area contributed by atoms with Gasteiger partial charge in [0.1, 0.15) is 5.82 Å². The Labute approximate surface area is 185 Å². The van der Waals surface area contributed by atoms with E-state index in [1.165, 1.54) is 23.9 Å². The molecule has 0 aliphatic rings. The summed E-state index contributed by atoms with van der Waals surface area (Å²) < 4.78 is 14.2. The smallest absolute Gasteiger partial charge is 0.239 e. The number of carbonyl (C=O) groups excluding carboxylic acids is 1. The summed E-state index contributed by atoms with van der Waals surface area (Å²) in [5.74, 6) is 0.0401. The van der Waals surface area contributed by atoms with Crippen molar-refractivity contribution >= 4 is 56.8 Å². The summed E-state index contributed by atoms with van der Waals surface area (Å²) in [5, 5.41) is 0.743. The molecule has 0 spiro atoms. The van der Waals surface area contributed by atoms with Gasteiger partial charge in [-0.3, -0.25) is 9.69 Å².